The number of benzene rings is 1. The van der Waals surface area contributed by atoms with Crippen molar-refractivity contribution in [3.63, 3.8) is 0 Å². The van der Waals surface area contributed by atoms with Crippen molar-refractivity contribution in [2.24, 2.45) is 0 Å². The number of hydrogen-bond donors (Lipinski definition) is 2. The van der Waals surface area contributed by atoms with Crippen molar-refractivity contribution in [3.8, 4) is 0 Å². The van der Waals surface area contributed by atoms with E-state index in [9.17, 15) is 9.59 Å². The number of aromatic carboxylic acids is 1. The molecule has 0 aliphatic rings. The number of carbonyl (C=O) groups excluding carboxylic acids is 1. The second-order valence-corrected chi connectivity index (χ2v) is 5.10. The standard InChI is InChI=1S/C15H15ClN2O3/c1-10(11-4-6-12(16)7-5-11)17-14(19)9-18-8-2-3-13(18)15(20)21/h2-8,10H,9H2,1H3,(H,17,19)(H,20,21). The molecule has 0 fully saturated rings. The van der Waals surface area contributed by atoms with Gasteiger partial charge in [-0.1, -0.05) is 23.7 Å². The molecule has 1 atom stereocenters. The molecule has 0 saturated carbocycles. The van der Waals surface area contributed by atoms with Gasteiger partial charge >= 0.3 is 5.97 Å². The second-order valence-electron chi connectivity index (χ2n) is 4.67. The molecule has 0 saturated heterocycles. The number of carboxylic acid groups (broad SMARTS) is 1. The van der Waals surface area contributed by atoms with E-state index < -0.39 is 5.97 Å². The summed E-state index contributed by atoms with van der Waals surface area (Å²) < 4.78 is 1.40. The van der Waals surface area contributed by atoms with Crippen LogP contribution >= 0.6 is 11.6 Å². The smallest absolute Gasteiger partial charge is 0.352 e. The van der Waals surface area contributed by atoms with Crippen LogP contribution in [-0.4, -0.2) is 21.6 Å². The SMILES string of the molecule is CC(NC(=O)Cn1cccc1C(=O)O)c1ccc(Cl)cc1. The van der Waals surface area contributed by atoms with E-state index in [2.05, 4.69) is 5.32 Å². The van der Waals surface area contributed by atoms with Gasteiger partial charge < -0.3 is 15.0 Å². The van der Waals surface area contributed by atoms with Crippen LogP contribution in [0.2, 0.25) is 5.02 Å². The summed E-state index contributed by atoms with van der Waals surface area (Å²) in [5.41, 5.74) is 1.02. The van der Waals surface area contributed by atoms with E-state index in [0.29, 0.717) is 5.02 Å². The van der Waals surface area contributed by atoms with Crippen LogP contribution < -0.4 is 5.32 Å². The number of rotatable bonds is 5. The Bertz CT molecular complexity index is 649. The van der Waals surface area contributed by atoms with Crippen molar-refractivity contribution in [1.29, 1.82) is 0 Å². The van der Waals surface area contributed by atoms with Crippen LogP contribution in [0.1, 0.15) is 29.0 Å². The first-order chi connectivity index (χ1) is 9.97. The number of halogens is 1. The lowest BCUT2D eigenvalue weighted by Gasteiger charge is -2.15. The third-order valence-electron chi connectivity index (χ3n) is 3.11. The van der Waals surface area contributed by atoms with Gasteiger partial charge in [-0.05, 0) is 36.8 Å². The van der Waals surface area contributed by atoms with Crippen molar-refractivity contribution in [1.82, 2.24) is 9.88 Å². The van der Waals surface area contributed by atoms with Crippen molar-refractivity contribution >= 4 is 23.5 Å². The lowest BCUT2D eigenvalue weighted by molar-refractivity contribution is -0.122. The summed E-state index contributed by atoms with van der Waals surface area (Å²) in [5, 5.41) is 12.4. The van der Waals surface area contributed by atoms with E-state index in [4.69, 9.17) is 16.7 Å². The number of carboxylic acids is 1. The molecule has 2 rings (SSSR count). The van der Waals surface area contributed by atoms with Gasteiger partial charge in [-0.15, -0.1) is 0 Å². The fourth-order valence-electron chi connectivity index (χ4n) is 2.02. The molecule has 1 amide bonds. The van der Waals surface area contributed by atoms with Gasteiger partial charge in [-0.25, -0.2) is 4.79 Å². The molecule has 1 unspecified atom stereocenters. The molecule has 21 heavy (non-hydrogen) atoms. The highest BCUT2D eigenvalue weighted by Gasteiger charge is 2.14. The Morgan fingerprint density at radius 3 is 2.57 bits per heavy atom. The molecule has 1 aromatic carbocycles. The summed E-state index contributed by atoms with van der Waals surface area (Å²) in [6.07, 6.45) is 1.57. The van der Waals surface area contributed by atoms with Crippen LogP contribution in [0, 0.1) is 0 Å². The predicted octanol–water partition coefficient (Wildman–Crippen LogP) is 2.72. The molecule has 2 N–H and O–H groups in total. The summed E-state index contributed by atoms with van der Waals surface area (Å²) in [6, 6.07) is 10.1. The molecule has 6 heteroatoms. The number of nitrogens with one attached hydrogen (secondary N) is 1. The van der Waals surface area contributed by atoms with E-state index in [0.717, 1.165) is 5.56 Å². The molecule has 0 aliphatic heterocycles. The van der Waals surface area contributed by atoms with Gasteiger partial charge in [0.15, 0.2) is 0 Å². The Morgan fingerprint density at radius 2 is 1.95 bits per heavy atom. The van der Waals surface area contributed by atoms with Crippen LogP contribution in [0.3, 0.4) is 0 Å². The zero-order valence-corrected chi connectivity index (χ0v) is 12.2. The highest BCUT2D eigenvalue weighted by Crippen LogP contribution is 2.16. The number of amides is 1. The largest absolute Gasteiger partial charge is 0.477 e. The summed E-state index contributed by atoms with van der Waals surface area (Å²) in [4.78, 5) is 23.0. The topological polar surface area (TPSA) is 71.3 Å². The van der Waals surface area contributed by atoms with Crippen molar-refractivity contribution < 1.29 is 14.7 Å². The van der Waals surface area contributed by atoms with Crippen LogP contribution in [0.5, 0.6) is 0 Å². The first-order valence-electron chi connectivity index (χ1n) is 6.40. The molecule has 0 aliphatic carbocycles. The number of nitrogens with zero attached hydrogens (tertiary/aromatic N) is 1. The van der Waals surface area contributed by atoms with Crippen molar-refractivity contribution in [2.75, 3.05) is 0 Å². The fourth-order valence-corrected chi connectivity index (χ4v) is 2.15. The molecule has 5 nitrogen and oxygen atoms in total. The van der Waals surface area contributed by atoms with Gasteiger partial charge in [0.2, 0.25) is 5.91 Å². The molecule has 0 spiro atoms. The van der Waals surface area contributed by atoms with Crippen LogP contribution in [0.4, 0.5) is 0 Å². The van der Waals surface area contributed by atoms with Gasteiger partial charge in [0.05, 0.1) is 6.04 Å². The quantitative estimate of drug-likeness (QED) is 0.892. The zero-order valence-electron chi connectivity index (χ0n) is 11.4. The summed E-state index contributed by atoms with van der Waals surface area (Å²) in [5.74, 6) is -1.31. The first-order valence-corrected chi connectivity index (χ1v) is 6.78. The maximum Gasteiger partial charge on any atom is 0.352 e. The van der Waals surface area contributed by atoms with Gasteiger partial charge in [0.1, 0.15) is 12.2 Å². The molecule has 0 radical (unpaired) electrons. The summed E-state index contributed by atoms with van der Waals surface area (Å²) >= 11 is 5.82. The molecular formula is C15H15ClN2O3. The minimum absolute atomic E-state index is 0.0352. The zero-order chi connectivity index (χ0) is 15.4. The minimum atomic E-state index is -1.06. The second kappa shape index (κ2) is 6.45. The van der Waals surface area contributed by atoms with Gasteiger partial charge in [0, 0.05) is 11.2 Å². The number of hydrogen-bond acceptors (Lipinski definition) is 2. The Balaban J connectivity index is 1.99. The maximum absolute atomic E-state index is 12.0. The molecule has 0 bridgehead atoms. The van der Waals surface area contributed by atoms with Gasteiger partial charge in [-0.3, -0.25) is 4.79 Å². The van der Waals surface area contributed by atoms with E-state index in [1.807, 2.05) is 19.1 Å². The van der Waals surface area contributed by atoms with Gasteiger partial charge in [0.25, 0.3) is 0 Å². The Kier molecular flexibility index (Phi) is 4.65. The molecule has 1 heterocycles. The Hall–Kier alpha value is -2.27. The fraction of sp³-hybridized carbons (Fsp3) is 0.200. The van der Waals surface area contributed by atoms with Crippen LogP contribution in [-0.2, 0) is 11.3 Å². The van der Waals surface area contributed by atoms with E-state index in [-0.39, 0.29) is 24.2 Å². The monoisotopic (exact) mass is 306 g/mol. The average molecular weight is 307 g/mol. The van der Waals surface area contributed by atoms with Crippen molar-refractivity contribution in [2.45, 2.75) is 19.5 Å². The highest BCUT2D eigenvalue weighted by molar-refractivity contribution is 6.30. The highest BCUT2D eigenvalue weighted by atomic mass is 35.5. The predicted molar refractivity (Wildman–Crippen MR) is 79.4 cm³/mol. The summed E-state index contributed by atoms with van der Waals surface area (Å²) in [7, 11) is 0. The third-order valence-corrected chi connectivity index (χ3v) is 3.36. The average Bonchev–Trinajstić information content (AvgIpc) is 2.87. The molecule has 2 aromatic rings. The molecular weight excluding hydrogens is 292 g/mol. The first kappa shape index (κ1) is 15.1. The third kappa shape index (κ3) is 3.86. The Labute approximate surface area is 127 Å². The maximum atomic E-state index is 12.0. The normalized spacial score (nSPS) is 11.9. The van der Waals surface area contributed by atoms with E-state index in [1.165, 1.54) is 10.6 Å². The molecule has 1 aromatic heterocycles. The number of aromatic nitrogens is 1. The van der Waals surface area contributed by atoms with Crippen LogP contribution in [0.25, 0.3) is 0 Å². The Morgan fingerprint density at radius 1 is 1.29 bits per heavy atom. The van der Waals surface area contributed by atoms with E-state index >= 15 is 0 Å². The molecule has 110 valence electrons. The van der Waals surface area contributed by atoms with Gasteiger partial charge in [-0.2, -0.15) is 0 Å². The van der Waals surface area contributed by atoms with E-state index in [1.54, 1.807) is 24.4 Å². The minimum Gasteiger partial charge on any atom is -0.477 e. The van der Waals surface area contributed by atoms with Crippen molar-refractivity contribution in [3.05, 3.63) is 58.9 Å². The lowest BCUT2D eigenvalue weighted by atomic mass is 10.1. The van der Waals surface area contributed by atoms with Crippen LogP contribution in [0.15, 0.2) is 42.6 Å². The number of carbonyl (C=O) groups is 2. The lowest BCUT2D eigenvalue weighted by Crippen LogP contribution is -2.30. The summed E-state index contributed by atoms with van der Waals surface area (Å²) in [6.45, 7) is 1.82.